The van der Waals surface area contributed by atoms with Gasteiger partial charge in [0.15, 0.2) is 5.15 Å². The third-order valence-electron chi connectivity index (χ3n) is 2.11. The molecule has 2 rings (SSSR count). The highest BCUT2D eigenvalue weighted by atomic mass is 35.5. The van der Waals surface area contributed by atoms with Crippen molar-refractivity contribution in [2.24, 2.45) is 0 Å². The first-order chi connectivity index (χ1) is 8.95. The zero-order chi connectivity index (χ0) is 15.1. The van der Waals surface area contributed by atoms with E-state index >= 15 is 0 Å². The first-order valence-electron chi connectivity index (χ1n) is 4.94. The largest absolute Gasteiger partial charge is 0.436 e. The lowest BCUT2D eigenvalue weighted by Gasteiger charge is -2.40. The highest BCUT2D eigenvalue weighted by Gasteiger charge is 2.65. The Morgan fingerprint density at radius 3 is 1.95 bits per heavy atom. The normalized spacial score (nSPS) is 15.3. The Hall–Kier alpha value is -1.61. The molecule has 0 radical (unpaired) electrons. The molecule has 0 saturated carbocycles. The second-order valence-electron chi connectivity index (χ2n) is 3.69. The van der Waals surface area contributed by atoms with E-state index in [9.17, 15) is 19.4 Å². The average molecular weight is 333 g/mol. The van der Waals surface area contributed by atoms with Crippen LogP contribution in [0.1, 0.15) is 0 Å². The molecule has 3 nitrogen and oxygen atoms in total. The van der Waals surface area contributed by atoms with Crippen molar-refractivity contribution < 1.29 is 24.2 Å². The van der Waals surface area contributed by atoms with Gasteiger partial charge in [-0.2, -0.15) is 0 Å². The van der Waals surface area contributed by atoms with Crippen molar-refractivity contribution >= 4 is 21.8 Å². The third-order valence-corrected chi connectivity index (χ3v) is 3.53. The van der Waals surface area contributed by atoms with E-state index in [4.69, 9.17) is 16.3 Å². The van der Waals surface area contributed by atoms with Crippen molar-refractivity contribution in [1.29, 1.82) is 0 Å². The van der Waals surface area contributed by atoms with Gasteiger partial charge in [0.1, 0.15) is 10.6 Å². The number of halogens is 6. The summed E-state index contributed by atoms with van der Waals surface area (Å²) in [4.78, 5) is 5.33. The Balaban J connectivity index is 2.29. The van der Waals surface area contributed by atoms with Gasteiger partial charge in [-0.05, 0) is 24.3 Å². The lowest BCUT2D eigenvalue weighted by atomic mass is 10.3. The fraction of sp³-hybridized carbons (Fsp3) is 0. The van der Waals surface area contributed by atoms with Crippen LogP contribution in [0, 0.1) is 0 Å². The van der Waals surface area contributed by atoms with Crippen molar-refractivity contribution in [3.63, 3.8) is 0 Å². The number of hydrogen-bond donors (Lipinski definition) is 0. The van der Waals surface area contributed by atoms with E-state index in [0.29, 0.717) is 0 Å². The van der Waals surface area contributed by atoms with Crippen molar-refractivity contribution in [3.8, 4) is 11.6 Å². The van der Waals surface area contributed by atoms with Gasteiger partial charge in [0.2, 0.25) is 0 Å². The van der Waals surface area contributed by atoms with Gasteiger partial charge in [-0.15, -0.1) is 0 Å². The van der Waals surface area contributed by atoms with Crippen LogP contribution in [-0.4, -0.2) is 9.97 Å². The SMILES string of the molecule is FS(F)(F)(F)(F)c1ccc(Oc2nccnc2Cl)cc1. The van der Waals surface area contributed by atoms with Gasteiger partial charge >= 0.3 is 10.2 Å². The molecule has 1 aromatic heterocycles. The molecular formula is C10H6ClF5N2OS. The minimum Gasteiger partial charge on any atom is -0.436 e. The molecule has 0 N–H and O–H groups in total. The van der Waals surface area contributed by atoms with Crippen molar-refractivity contribution in [2.45, 2.75) is 4.90 Å². The molecule has 0 amide bonds. The molecule has 1 aromatic carbocycles. The monoisotopic (exact) mass is 332 g/mol. The number of aromatic nitrogens is 2. The molecule has 0 saturated heterocycles. The van der Waals surface area contributed by atoms with Crippen LogP contribution in [-0.2, 0) is 0 Å². The topological polar surface area (TPSA) is 35.0 Å². The highest BCUT2D eigenvalue weighted by molar-refractivity contribution is 8.45. The summed E-state index contributed by atoms with van der Waals surface area (Å²) in [5.41, 5.74) is 0. The molecule has 0 aliphatic carbocycles. The standard InChI is InChI=1S/C10H6ClF5N2OS/c11-9-10(18-6-5-17-9)19-7-1-3-8(4-2-7)20(12,13,14,15)16/h1-6H. The first-order valence-corrected chi connectivity index (χ1v) is 7.27. The summed E-state index contributed by atoms with van der Waals surface area (Å²) < 4.78 is 67.5. The van der Waals surface area contributed by atoms with E-state index in [1.54, 1.807) is 0 Å². The molecule has 2 aromatic rings. The molecule has 0 unspecified atom stereocenters. The summed E-state index contributed by atoms with van der Waals surface area (Å²) in [7, 11) is -9.67. The second kappa shape index (κ2) is 3.95. The van der Waals surface area contributed by atoms with E-state index in [2.05, 4.69) is 9.97 Å². The zero-order valence-corrected chi connectivity index (χ0v) is 11.0. The minimum atomic E-state index is -9.67. The van der Waals surface area contributed by atoms with Gasteiger partial charge in [0.05, 0.1) is 0 Å². The van der Waals surface area contributed by atoms with Crippen LogP contribution in [0.4, 0.5) is 19.4 Å². The fourth-order valence-corrected chi connectivity index (χ4v) is 2.05. The van der Waals surface area contributed by atoms with Gasteiger partial charge in [-0.3, -0.25) is 0 Å². The summed E-state index contributed by atoms with van der Waals surface area (Å²) in [6.07, 6.45) is 2.54. The molecule has 0 aliphatic heterocycles. The molecular weight excluding hydrogens is 327 g/mol. The number of nitrogens with zero attached hydrogens (tertiary/aromatic N) is 2. The first kappa shape index (κ1) is 14.8. The van der Waals surface area contributed by atoms with Crippen LogP contribution >= 0.6 is 21.8 Å². The van der Waals surface area contributed by atoms with Crippen LogP contribution in [0.2, 0.25) is 5.15 Å². The van der Waals surface area contributed by atoms with Gasteiger partial charge in [-0.25, -0.2) is 9.97 Å². The minimum absolute atomic E-state index is 0.107. The molecule has 0 atom stereocenters. The third kappa shape index (κ3) is 3.48. The number of rotatable bonds is 3. The summed E-state index contributed by atoms with van der Waals surface area (Å²) in [5.74, 6) is -0.271. The number of benzene rings is 1. The Morgan fingerprint density at radius 1 is 0.900 bits per heavy atom. The maximum Gasteiger partial charge on any atom is 0.310 e. The van der Waals surface area contributed by atoms with E-state index < -0.39 is 15.1 Å². The van der Waals surface area contributed by atoms with Gasteiger partial charge in [-0.1, -0.05) is 31.0 Å². The van der Waals surface area contributed by atoms with Gasteiger partial charge < -0.3 is 4.74 Å². The molecule has 0 bridgehead atoms. The van der Waals surface area contributed by atoms with Crippen LogP contribution in [0.25, 0.3) is 0 Å². The van der Waals surface area contributed by atoms with E-state index in [1.807, 2.05) is 0 Å². The van der Waals surface area contributed by atoms with Crippen LogP contribution in [0.3, 0.4) is 0 Å². The Morgan fingerprint density at radius 2 is 1.45 bits per heavy atom. The van der Waals surface area contributed by atoms with E-state index in [-0.39, 0.29) is 28.9 Å². The number of hydrogen-bond acceptors (Lipinski definition) is 3. The predicted molar refractivity (Wildman–Crippen MR) is 65.0 cm³/mol. The van der Waals surface area contributed by atoms with Crippen molar-refractivity contribution in [2.75, 3.05) is 0 Å². The van der Waals surface area contributed by atoms with Crippen molar-refractivity contribution in [3.05, 3.63) is 41.8 Å². The fourth-order valence-electron chi connectivity index (χ4n) is 1.25. The summed E-state index contributed by atoms with van der Waals surface area (Å²) in [6, 6.07) is 1.97. The van der Waals surface area contributed by atoms with Crippen LogP contribution in [0.5, 0.6) is 11.6 Å². The molecule has 0 aliphatic rings. The smallest absolute Gasteiger partial charge is 0.310 e. The zero-order valence-electron chi connectivity index (χ0n) is 9.44. The van der Waals surface area contributed by atoms with Crippen LogP contribution in [0.15, 0.2) is 41.6 Å². The highest BCUT2D eigenvalue weighted by Crippen LogP contribution is 3.02. The molecule has 0 fully saturated rings. The van der Waals surface area contributed by atoms with Gasteiger partial charge in [0, 0.05) is 12.4 Å². The van der Waals surface area contributed by atoms with E-state index in [0.717, 1.165) is 12.1 Å². The molecule has 1 heterocycles. The summed E-state index contributed by atoms with van der Waals surface area (Å²) in [6.45, 7) is 0. The van der Waals surface area contributed by atoms with Gasteiger partial charge in [0.25, 0.3) is 5.88 Å². The number of ether oxygens (including phenoxy) is 1. The predicted octanol–water partition coefficient (Wildman–Crippen LogP) is 5.58. The molecule has 20 heavy (non-hydrogen) atoms. The molecule has 110 valence electrons. The summed E-state index contributed by atoms with van der Waals surface area (Å²) >= 11 is 5.63. The Bertz CT molecular complexity index is 647. The van der Waals surface area contributed by atoms with E-state index in [1.165, 1.54) is 12.4 Å². The Labute approximate surface area is 115 Å². The maximum atomic E-state index is 12.5. The summed E-state index contributed by atoms with van der Waals surface area (Å²) in [5, 5.41) is -0.107. The Kier molecular flexibility index (Phi) is 2.92. The quantitative estimate of drug-likeness (QED) is 0.688. The lowest BCUT2D eigenvalue weighted by Crippen LogP contribution is -2.05. The second-order valence-corrected chi connectivity index (χ2v) is 6.46. The maximum absolute atomic E-state index is 12.5. The molecule has 0 spiro atoms. The average Bonchev–Trinajstić information content (AvgIpc) is 2.30. The van der Waals surface area contributed by atoms with Crippen LogP contribution < -0.4 is 4.74 Å². The lowest BCUT2D eigenvalue weighted by molar-refractivity contribution is 0.363. The van der Waals surface area contributed by atoms with Crippen molar-refractivity contribution in [1.82, 2.24) is 9.97 Å². The molecule has 10 heteroatoms.